The maximum atomic E-state index is 13.8. The molecule has 9 heteroatoms. The fourth-order valence-electron chi connectivity index (χ4n) is 5.36. The molecular weight excluding hydrogens is 408 g/mol. The highest BCUT2D eigenvalue weighted by Crippen LogP contribution is 2.56. The molecule has 1 aliphatic heterocycles. The summed E-state index contributed by atoms with van der Waals surface area (Å²) >= 11 is 6.16. The molecule has 8 nitrogen and oxygen atoms in total. The quantitative estimate of drug-likeness (QED) is 0.419. The van der Waals surface area contributed by atoms with Crippen LogP contribution < -0.4 is 0 Å². The van der Waals surface area contributed by atoms with Gasteiger partial charge < -0.3 is 9.47 Å². The second kappa shape index (κ2) is 7.51. The van der Waals surface area contributed by atoms with Crippen molar-refractivity contribution >= 4 is 23.2 Å². The Kier molecular flexibility index (Phi) is 4.95. The van der Waals surface area contributed by atoms with Gasteiger partial charge in [0.1, 0.15) is 17.3 Å². The summed E-state index contributed by atoms with van der Waals surface area (Å²) in [6.45, 7) is 0.971. The zero-order chi connectivity index (χ0) is 20.8. The SMILES string of the molecule is O=C(c1nc(Cl)cc(-n2ccnc2)n1)C1CCC[C@@]2(CCCCC23OCCO3)C1=O. The molecule has 2 atom stereocenters. The van der Waals surface area contributed by atoms with Crippen molar-refractivity contribution in [2.45, 2.75) is 50.7 Å². The lowest BCUT2D eigenvalue weighted by Gasteiger charge is -2.51. The van der Waals surface area contributed by atoms with Crippen LogP contribution in [0.1, 0.15) is 55.6 Å². The molecule has 158 valence electrons. The lowest BCUT2D eigenvalue weighted by atomic mass is 9.57. The Morgan fingerprint density at radius 2 is 1.90 bits per heavy atom. The maximum Gasteiger partial charge on any atom is 0.210 e. The Morgan fingerprint density at radius 3 is 2.67 bits per heavy atom. The molecule has 0 radical (unpaired) electrons. The number of ether oxygens (including phenoxy) is 2. The molecule has 2 aromatic heterocycles. The van der Waals surface area contributed by atoms with Gasteiger partial charge in [0.15, 0.2) is 17.4 Å². The summed E-state index contributed by atoms with van der Waals surface area (Å²) in [5.41, 5.74) is -0.772. The summed E-state index contributed by atoms with van der Waals surface area (Å²) in [5, 5.41) is 0.145. The van der Waals surface area contributed by atoms with Crippen LogP contribution in [0.5, 0.6) is 0 Å². The fourth-order valence-corrected chi connectivity index (χ4v) is 5.54. The van der Waals surface area contributed by atoms with E-state index in [4.69, 9.17) is 21.1 Å². The molecule has 0 aromatic carbocycles. The van der Waals surface area contributed by atoms with Crippen LogP contribution in [-0.4, -0.2) is 50.1 Å². The van der Waals surface area contributed by atoms with Gasteiger partial charge in [0, 0.05) is 24.9 Å². The van der Waals surface area contributed by atoms with Gasteiger partial charge >= 0.3 is 0 Å². The number of nitrogens with zero attached hydrogens (tertiary/aromatic N) is 4. The average molecular weight is 431 g/mol. The van der Waals surface area contributed by atoms with Crippen LogP contribution >= 0.6 is 11.6 Å². The summed E-state index contributed by atoms with van der Waals surface area (Å²) in [7, 11) is 0. The summed E-state index contributed by atoms with van der Waals surface area (Å²) in [4.78, 5) is 39.7. The normalized spacial score (nSPS) is 28.3. The van der Waals surface area contributed by atoms with Gasteiger partial charge in [0.25, 0.3) is 0 Å². The van der Waals surface area contributed by atoms with E-state index in [0.717, 1.165) is 19.3 Å². The van der Waals surface area contributed by atoms with Gasteiger partial charge in [-0.2, -0.15) is 0 Å². The molecule has 30 heavy (non-hydrogen) atoms. The first-order chi connectivity index (χ1) is 14.5. The maximum absolute atomic E-state index is 13.8. The molecule has 5 rings (SSSR count). The number of halogens is 1. The Morgan fingerprint density at radius 1 is 1.13 bits per heavy atom. The van der Waals surface area contributed by atoms with E-state index in [9.17, 15) is 9.59 Å². The van der Waals surface area contributed by atoms with Gasteiger partial charge in [-0.1, -0.05) is 24.4 Å². The predicted molar refractivity (Wildman–Crippen MR) is 106 cm³/mol. The smallest absolute Gasteiger partial charge is 0.210 e. The van der Waals surface area contributed by atoms with E-state index in [2.05, 4.69) is 15.0 Å². The van der Waals surface area contributed by atoms with Crippen molar-refractivity contribution in [2.75, 3.05) is 13.2 Å². The molecule has 0 bridgehead atoms. The lowest BCUT2D eigenvalue weighted by Crippen LogP contribution is -2.60. The van der Waals surface area contributed by atoms with Crippen molar-refractivity contribution in [3.05, 3.63) is 35.8 Å². The molecule has 3 heterocycles. The number of imidazole rings is 1. The molecule has 2 aliphatic carbocycles. The number of fused-ring (bicyclic) bond motifs is 1. The third-order valence-electron chi connectivity index (χ3n) is 6.71. The van der Waals surface area contributed by atoms with E-state index < -0.39 is 17.1 Å². The summed E-state index contributed by atoms with van der Waals surface area (Å²) in [6.07, 6.45) is 10.1. The van der Waals surface area contributed by atoms with Gasteiger partial charge in [-0.25, -0.2) is 15.0 Å². The average Bonchev–Trinajstić information content (AvgIpc) is 3.44. The molecule has 2 spiro atoms. The van der Waals surface area contributed by atoms with Gasteiger partial charge in [0.2, 0.25) is 5.78 Å². The Hall–Kier alpha value is -2.16. The zero-order valence-electron chi connectivity index (χ0n) is 16.6. The first-order valence-electron chi connectivity index (χ1n) is 10.4. The Balaban J connectivity index is 1.49. The highest BCUT2D eigenvalue weighted by molar-refractivity contribution is 6.29. The molecule has 1 unspecified atom stereocenters. The van der Waals surface area contributed by atoms with E-state index in [1.165, 1.54) is 0 Å². The van der Waals surface area contributed by atoms with Crippen molar-refractivity contribution in [1.82, 2.24) is 19.5 Å². The highest BCUT2D eigenvalue weighted by atomic mass is 35.5. The zero-order valence-corrected chi connectivity index (χ0v) is 17.3. The predicted octanol–water partition coefficient (Wildman–Crippen LogP) is 3.17. The van der Waals surface area contributed by atoms with Crippen LogP contribution in [0.4, 0.5) is 0 Å². The van der Waals surface area contributed by atoms with Gasteiger partial charge in [0.05, 0.1) is 24.5 Å². The summed E-state index contributed by atoms with van der Waals surface area (Å²) in [5.74, 6) is -1.78. The topological polar surface area (TPSA) is 96.2 Å². The molecule has 3 aliphatic rings. The first-order valence-corrected chi connectivity index (χ1v) is 10.8. The second-order valence-corrected chi connectivity index (χ2v) is 8.64. The minimum atomic E-state index is -0.890. The van der Waals surface area contributed by atoms with Crippen molar-refractivity contribution in [3.8, 4) is 5.82 Å². The largest absolute Gasteiger partial charge is 0.346 e. The van der Waals surface area contributed by atoms with Crippen molar-refractivity contribution < 1.29 is 19.1 Å². The highest BCUT2D eigenvalue weighted by Gasteiger charge is 2.63. The summed E-state index contributed by atoms with van der Waals surface area (Å²) < 4.78 is 13.7. The number of Topliss-reactive ketones (excluding diaryl/α,β-unsaturated/α-hetero) is 2. The molecule has 0 N–H and O–H groups in total. The van der Waals surface area contributed by atoms with Gasteiger partial charge in [-0.05, 0) is 25.7 Å². The van der Waals surface area contributed by atoms with E-state index in [0.29, 0.717) is 44.7 Å². The molecule has 2 aromatic rings. The summed E-state index contributed by atoms with van der Waals surface area (Å²) in [6, 6.07) is 1.56. The van der Waals surface area contributed by atoms with Crippen molar-refractivity contribution in [1.29, 1.82) is 0 Å². The number of rotatable bonds is 3. The first kappa shape index (κ1) is 19.8. The third kappa shape index (κ3) is 3.01. The molecule has 1 saturated heterocycles. The van der Waals surface area contributed by atoms with Crippen LogP contribution in [0.15, 0.2) is 24.8 Å². The fraction of sp³-hybridized carbons (Fsp3) is 0.571. The third-order valence-corrected chi connectivity index (χ3v) is 6.91. The van der Waals surface area contributed by atoms with Crippen LogP contribution in [-0.2, 0) is 14.3 Å². The van der Waals surface area contributed by atoms with Crippen molar-refractivity contribution in [2.24, 2.45) is 11.3 Å². The Bertz CT molecular complexity index is 969. The van der Waals surface area contributed by atoms with E-state index in [1.54, 1.807) is 29.4 Å². The van der Waals surface area contributed by atoms with E-state index in [-0.39, 0.29) is 22.5 Å². The van der Waals surface area contributed by atoms with E-state index >= 15 is 0 Å². The van der Waals surface area contributed by atoms with Gasteiger partial charge in [-0.15, -0.1) is 0 Å². The van der Waals surface area contributed by atoms with Gasteiger partial charge in [-0.3, -0.25) is 14.2 Å². The second-order valence-electron chi connectivity index (χ2n) is 8.25. The van der Waals surface area contributed by atoms with Crippen molar-refractivity contribution in [3.63, 3.8) is 0 Å². The molecular formula is C21H23ClN4O4. The lowest BCUT2D eigenvalue weighted by molar-refractivity contribution is -0.255. The van der Waals surface area contributed by atoms with Crippen LogP contribution in [0.25, 0.3) is 5.82 Å². The number of ketones is 2. The molecule has 2 saturated carbocycles. The number of carbonyl (C=O) groups is 2. The number of hydrogen-bond donors (Lipinski definition) is 0. The monoisotopic (exact) mass is 430 g/mol. The van der Waals surface area contributed by atoms with Crippen LogP contribution in [0.3, 0.4) is 0 Å². The van der Waals surface area contributed by atoms with Crippen LogP contribution in [0, 0.1) is 11.3 Å². The number of aromatic nitrogens is 4. The molecule has 0 amide bonds. The molecule has 3 fully saturated rings. The van der Waals surface area contributed by atoms with Crippen LogP contribution in [0.2, 0.25) is 5.15 Å². The standard InChI is InChI=1S/C21H23ClN4O4/c22-15-12-16(26-9-8-23-13-26)25-19(24-15)17(27)14-4-3-6-20(18(14)28)5-1-2-7-21(20)29-10-11-30-21/h8-9,12-14H,1-7,10-11H2/t14?,20-/m0/s1. The number of carbonyl (C=O) groups excluding carboxylic acids is 2. The minimum absolute atomic E-state index is 0.0419. The Labute approximate surface area is 179 Å². The number of hydrogen-bond acceptors (Lipinski definition) is 7. The van der Waals surface area contributed by atoms with E-state index in [1.807, 2.05) is 0 Å². The minimum Gasteiger partial charge on any atom is -0.346 e.